The van der Waals surface area contributed by atoms with Crippen molar-refractivity contribution in [3.63, 3.8) is 0 Å². The van der Waals surface area contributed by atoms with E-state index in [1.807, 2.05) is 37.3 Å². The molecule has 28 heavy (non-hydrogen) atoms. The Balaban J connectivity index is 1.99. The molecular formula is C20H21F3N4O. The van der Waals surface area contributed by atoms with Crippen LogP contribution < -0.4 is 11.1 Å². The second kappa shape index (κ2) is 8.02. The molecule has 0 bridgehead atoms. The van der Waals surface area contributed by atoms with Crippen LogP contribution in [0.25, 0.3) is 11.0 Å². The zero-order valence-electron chi connectivity index (χ0n) is 15.3. The van der Waals surface area contributed by atoms with Gasteiger partial charge in [-0.3, -0.25) is 4.79 Å². The maximum atomic E-state index is 12.9. The van der Waals surface area contributed by atoms with Crippen LogP contribution in [-0.4, -0.2) is 21.9 Å². The minimum atomic E-state index is -4.56. The van der Waals surface area contributed by atoms with Crippen LogP contribution in [0.4, 0.5) is 13.2 Å². The topological polar surface area (TPSA) is 83.8 Å². The van der Waals surface area contributed by atoms with E-state index in [4.69, 9.17) is 5.73 Å². The van der Waals surface area contributed by atoms with Gasteiger partial charge in [-0.15, -0.1) is 0 Å². The molecule has 1 aromatic heterocycles. The second-order valence-corrected chi connectivity index (χ2v) is 6.61. The molecule has 0 saturated carbocycles. The molecule has 2 aromatic carbocycles. The predicted octanol–water partition coefficient (Wildman–Crippen LogP) is 3.91. The third-order valence-corrected chi connectivity index (χ3v) is 4.46. The SMILES string of the molecule is CCCC(N)C(=O)NC(c1ccccc1)c1ccc2nc(C(F)(F)F)[nH]c2c1. The van der Waals surface area contributed by atoms with Crippen LogP contribution in [-0.2, 0) is 11.0 Å². The van der Waals surface area contributed by atoms with Gasteiger partial charge in [-0.1, -0.05) is 49.7 Å². The van der Waals surface area contributed by atoms with Crippen molar-refractivity contribution in [3.05, 3.63) is 65.5 Å². The molecule has 148 valence electrons. The van der Waals surface area contributed by atoms with Crippen molar-refractivity contribution in [2.24, 2.45) is 5.73 Å². The third-order valence-electron chi connectivity index (χ3n) is 4.46. The number of halogens is 3. The van der Waals surface area contributed by atoms with Crippen molar-refractivity contribution < 1.29 is 18.0 Å². The number of nitrogens with zero attached hydrogens (tertiary/aromatic N) is 1. The first-order valence-electron chi connectivity index (χ1n) is 8.97. The van der Waals surface area contributed by atoms with E-state index in [1.165, 1.54) is 6.07 Å². The normalized spacial score (nSPS) is 14.0. The minimum absolute atomic E-state index is 0.205. The number of imidazole rings is 1. The van der Waals surface area contributed by atoms with Crippen molar-refractivity contribution in [1.82, 2.24) is 15.3 Å². The van der Waals surface area contributed by atoms with Crippen LogP contribution >= 0.6 is 0 Å². The average molecular weight is 390 g/mol. The summed E-state index contributed by atoms with van der Waals surface area (Å²) in [7, 11) is 0. The second-order valence-electron chi connectivity index (χ2n) is 6.61. The van der Waals surface area contributed by atoms with E-state index in [2.05, 4.69) is 15.3 Å². The smallest absolute Gasteiger partial charge is 0.344 e. The van der Waals surface area contributed by atoms with E-state index in [1.54, 1.807) is 12.1 Å². The fraction of sp³-hybridized carbons (Fsp3) is 0.300. The molecule has 0 spiro atoms. The summed E-state index contributed by atoms with van der Waals surface area (Å²) in [6.07, 6.45) is -3.24. The predicted molar refractivity (Wildman–Crippen MR) is 100 cm³/mol. The van der Waals surface area contributed by atoms with Crippen molar-refractivity contribution in [3.8, 4) is 0 Å². The molecule has 0 saturated heterocycles. The molecule has 1 heterocycles. The van der Waals surface area contributed by atoms with E-state index >= 15 is 0 Å². The summed E-state index contributed by atoms with van der Waals surface area (Å²) >= 11 is 0. The molecular weight excluding hydrogens is 369 g/mol. The molecule has 0 aliphatic heterocycles. The maximum Gasteiger partial charge on any atom is 0.449 e. The number of rotatable bonds is 6. The summed E-state index contributed by atoms with van der Waals surface area (Å²) in [5.74, 6) is -1.36. The average Bonchev–Trinajstić information content (AvgIpc) is 3.10. The van der Waals surface area contributed by atoms with E-state index < -0.39 is 24.1 Å². The zero-order valence-corrected chi connectivity index (χ0v) is 15.3. The number of hydrogen-bond acceptors (Lipinski definition) is 3. The van der Waals surface area contributed by atoms with Crippen LogP contribution in [0.3, 0.4) is 0 Å². The molecule has 1 amide bonds. The number of H-pyrrole nitrogens is 1. The van der Waals surface area contributed by atoms with Gasteiger partial charge in [0.15, 0.2) is 0 Å². The summed E-state index contributed by atoms with van der Waals surface area (Å²) in [5.41, 5.74) is 7.81. The molecule has 3 aromatic rings. The summed E-state index contributed by atoms with van der Waals surface area (Å²) in [5, 5.41) is 2.92. The quantitative estimate of drug-likeness (QED) is 0.597. The minimum Gasteiger partial charge on any atom is -0.344 e. The Morgan fingerprint density at radius 2 is 1.89 bits per heavy atom. The Labute approximate surface area is 160 Å². The molecule has 8 heteroatoms. The highest BCUT2D eigenvalue weighted by Gasteiger charge is 2.34. The molecule has 2 unspecified atom stereocenters. The van der Waals surface area contributed by atoms with Gasteiger partial charge >= 0.3 is 6.18 Å². The Hall–Kier alpha value is -2.87. The van der Waals surface area contributed by atoms with Gasteiger partial charge in [-0.2, -0.15) is 13.2 Å². The first-order valence-corrected chi connectivity index (χ1v) is 8.97. The number of aromatic nitrogens is 2. The number of benzene rings is 2. The number of fused-ring (bicyclic) bond motifs is 1. The van der Waals surface area contributed by atoms with Crippen LogP contribution in [0.1, 0.15) is 42.8 Å². The summed E-state index contributed by atoms with van der Waals surface area (Å²) in [6.45, 7) is 1.94. The van der Waals surface area contributed by atoms with Gasteiger partial charge in [-0.25, -0.2) is 4.98 Å². The van der Waals surface area contributed by atoms with Gasteiger partial charge in [0.05, 0.1) is 23.1 Å². The van der Waals surface area contributed by atoms with E-state index in [-0.39, 0.29) is 16.9 Å². The van der Waals surface area contributed by atoms with E-state index in [9.17, 15) is 18.0 Å². The first-order chi connectivity index (χ1) is 13.3. The number of nitrogens with one attached hydrogen (secondary N) is 2. The zero-order chi connectivity index (χ0) is 20.3. The highest BCUT2D eigenvalue weighted by Crippen LogP contribution is 2.30. The lowest BCUT2D eigenvalue weighted by molar-refractivity contribution is -0.144. The number of alkyl halides is 3. The lowest BCUT2D eigenvalue weighted by Gasteiger charge is -2.22. The number of nitrogens with two attached hydrogens (primary N) is 1. The van der Waals surface area contributed by atoms with Crippen LogP contribution in [0.5, 0.6) is 0 Å². The Morgan fingerprint density at radius 1 is 1.18 bits per heavy atom. The lowest BCUT2D eigenvalue weighted by Crippen LogP contribution is -2.42. The van der Waals surface area contributed by atoms with Gasteiger partial charge in [0.25, 0.3) is 0 Å². The lowest BCUT2D eigenvalue weighted by atomic mass is 9.97. The fourth-order valence-corrected chi connectivity index (χ4v) is 3.04. The molecule has 4 N–H and O–H groups in total. The molecule has 0 aliphatic rings. The van der Waals surface area contributed by atoms with Crippen molar-refractivity contribution >= 4 is 16.9 Å². The summed E-state index contributed by atoms with van der Waals surface area (Å²) < 4.78 is 38.8. The summed E-state index contributed by atoms with van der Waals surface area (Å²) in [6, 6.07) is 12.7. The number of carbonyl (C=O) groups excluding carboxylic acids is 1. The maximum absolute atomic E-state index is 12.9. The largest absolute Gasteiger partial charge is 0.449 e. The number of amides is 1. The Bertz CT molecular complexity index is 953. The van der Waals surface area contributed by atoms with Gasteiger partial charge in [0.1, 0.15) is 0 Å². The third kappa shape index (κ3) is 4.33. The van der Waals surface area contributed by atoms with Gasteiger partial charge in [-0.05, 0) is 29.7 Å². The number of hydrogen-bond donors (Lipinski definition) is 3. The molecule has 0 aliphatic carbocycles. The molecule has 3 rings (SSSR count). The Kier molecular flexibility index (Phi) is 5.69. The fourth-order valence-electron chi connectivity index (χ4n) is 3.04. The van der Waals surface area contributed by atoms with Crippen LogP contribution in [0.15, 0.2) is 48.5 Å². The van der Waals surface area contributed by atoms with Crippen molar-refractivity contribution in [1.29, 1.82) is 0 Å². The number of aromatic amines is 1. The van der Waals surface area contributed by atoms with Gasteiger partial charge in [0.2, 0.25) is 11.7 Å². The van der Waals surface area contributed by atoms with E-state index in [0.29, 0.717) is 12.0 Å². The van der Waals surface area contributed by atoms with Crippen molar-refractivity contribution in [2.45, 2.75) is 38.0 Å². The summed E-state index contributed by atoms with van der Waals surface area (Å²) in [4.78, 5) is 18.4. The molecule has 2 atom stereocenters. The van der Waals surface area contributed by atoms with Gasteiger partial charge in [0, 0.05) is 0 Å². The Morgan fingerprint density at radius 3 is 2.54 bits per heavy atom. The number of carbonyl (C=O) groups is 1. The standard InChI is InChI=1S/C20H21F3N4O/c1-2-6-14(24)18(28)27-17(12-7-4-3-5-8-12)13-9-10-15-16(11-13)26-19(25-15)20(21,22)23/h3-5,7-11,14,17H,2,6,24H2,1H3,(H,25,26)(H,27,28). The first kappa shape index (κ1) is 19.9. The molecule has 5 nitrogen and oxygen atoms in total. The monoisotopic (exact) mass is 390 g/mol. The van der Waals surface area contributed by atoms with Crippen molar-refractivity contribution in [2.75, 3.05) is 0 Å². The van der Waals surface area contributed by atoms with E-state index in [0.717, 1.165) is 12.0 Å². The van der Waals surface area contributed by atoms with Gasteiger partial charge < -0.3 is 16.0 Å². The molecule has 0 radical (unpaired) electrons. The molecule has 0 fully saturated rings. The highest BCUT2D eigenvalue weighted by atomic mass is 19.4. The highest BCUT2D eigenvalue weighted by molar-refractivity contribution is 5.83. The van der Waals surface area contributed by atoms with Crippen LogP contribution in [0, 0.1) is 0 Å². The van der Waals surface area contributed by atoms with Crippen LogP contribution in [0.2, 0.25) is 0 Å².